The van der Waals surface area contributed by atoms with E-state index in [9.17, 15) is 4.79 Å². The highest BCUT2D eigenvalue weighted by atomic mass is 16.4. The predicted octanol–water partition coefficient (Wildman–Crippen LogP) is 1.38. The van der Waals surface area contributed by atoms with Crippen LogP contribution in [0.5, 0.6) is 0 Å². The summed E-state index contributed by atoms with van der Waals surface area (Å²) in [6, 6.07) is 2.00. The SMILES string of the molecule is O=C(O)C1CCN(c2cc(N3CCCCC3)ncn2)C1. The van der Waals surface area contributed by atoms with Crippen LogP contribution in [0.2, 0.25) is 0 Å². The fraction of sp³-hybridized carbons (Fsp3) is 0.643. The molecule has 0 amide bonds. The first kappa shape index (κ1) is 13.1. The average molecular weight is 276 g/mol. The van der Waals surface area contributed by atoms with Gasteiger partial charge in [0.25, 0.3) is 0 Å². The topological polar surface area (TPSA) is 69.6 Å². The molecule has 108 valence electrons. The minimum atomic E-state index is -0.710. The molecular weight excluding hydrogens is 256 g/mol. The third kappa shape index (κ3) is 2.69. The van der Waals surface area contributed by atoms with E-state index in [0.717, 1.165) is 31.3 Å². The van der Waals surface area contributed by atoms with Crippen LogP contribution >= 0.6 is 0 Å². The quantitative estimate of drug-likeness (QED) is 0.899. The molecular formula is C14H20N4O2. The standard InChI is InChI=1S/C14H20N4O2/c19-14(20)11-4-7-18(9-11)13-8-12(15-10-16-13)17-5-2-1-3-6-17/h8,10-11H,1-7,9H2,(H,19,20). The molecule has 3 heterocycles. The highest BCUT2D eigenvalue weighted by molar-refractivity contribution is 5.72. The zero-order valence-corrected chi connectivity index (χ0v) is 11.5. The van der Waals surface area contributed by atoms with E-state index in [1.54, 1.807) is 6.33 Å². The van der Waals surface area contributed by atoms with Gasteiger partial charge in [-0.15, -0.1) is 0 Å². The molecule has 2 fully saturated rings. The van der Waals surface area contributed by atoms with Crippen molar-refractivity contribution in [2.24, 2.45) is 5.92 Å². The number of rotatable bonds is 3. The molecule has 2 aliphatic rings. The van der Waals surface area contributed by atoms with E-state index in [1.165, 1.54) is 19.3 Å². The van der Waals surface area contributed by atoms with Crippen LogP contribution in [0, 0.1) is 5.92 Å². The van der Waals surface area contributed by atoms with Gasteiger partial charge in [0.15, 0.2) is 0 Å². The lowest BCUT2D eigenvalue weighted by molar-refractivity contribution is -0.140. The normalized spacial score (nSPS) is 23.1. The van der Waals surface area contributed by atoms with Crippen molar-refractivity contribution in [3.63, 3.8) is 0 Å². The number of carbonyl (C=O) groups is 1. The van der Waals surface area contributed by atoms with Crippen molar-refractivity contribution in [3.05, 3.63) is 12.4 Å². The number of carboxylic acids is 1. The first-order valence-electron chi connectivity index (χ1n) is 7.29. The van der Waals surface area contributed by atoms with Crippen molar-refractivity contribution in [1.82, 2.24) is 9.97 Å². The summed E-state index contributed by atoms with van der Waals surface area (Å²) in [7, 11) is 0. The monoisotopic (exact) mass is 276 g/mol. The molecule has 6 heteroatoms. The maximum atomic E-state index is 11.0. The molecule has 0 saturated carbocycles. The van der Waals surface area contributed by atoms with Crippen molar-refractivity contribution < 1.29 is 9.90 Å². The molecule has 3 rings (SSSR count). The maximum Gasteiger partial charge on any atom is 0.308 e. The number of aliphatic carboxylic acids is 1. The molecule has 0 aromatic carbocycles. The zero-order valence-electron chi connectivity index (χ0n) is 11.5. The Morgan fingerprint density at radius 3 is 2.45 bits per heavy atom. The van der Waals surface area contributed by atoms with Crippen molar-refractivity contribution in [3.8, 4) is 0 Å². The number of hydrogen-bond donors (Lipinski definition) is 1. The first-order chi connectivity index (χ1) is 9.74. The summed E-state index contributed by atoms with van der Waals surface area (Å²) in [5.41, 5.74) is 0. The van der Waals surface area contributed by atoms with E-state index in [2.05, 4.69) is 14.9 Å². The summed E-state index contributed by atoms with van der Waals surface area (Å²) >= 11 is 0. The smallest absolute Gasteiger partial charge is 0.308 e. The van der Waals surface area contributed by atoms with E-state index in [1.807, 2.05) is 11.0 Å². The minimum absolute atomic E-state index is 0.275. The van der Waals surface area contributed by atoms with Crippen LogP contribution in [0.3, 0.4) is 0 Å². The van der Waals surface area contributed by atoms with Crippen LogP contribution in [0.1, 0.15) is 25.7 Å². The van der Waals surface area contributed by atoms with Crippen molar-refractivity contribution >= 4 is 17.6 Å². The van der Waals surface area contributed by atoms with Crippen LogP contribution in [0.25, 0.3) is 0 Å². The third-order valence-electron chi connectivity index (χ3n) is 4.18. The van der Waals surface area contributed by atoms with Gasteiger partial charge in [0.1, 0.15) is 18.0 Å². The Bertz CT molecular complexity index is 488. The molecule has 20 heavy (non-hydrogen) atoms. The summed E-state index contributed by atoms with van der Waals surface area (Å²) in [5.74, 6) is 0.832. The Hall–Kier alpha value is -1.85. The van der Waals surface area contributed by atoms with Gasteiger partial charge < -0.3 is 14.9 Å². The molecule has 1 atom stereocenters. The molecule has 0 aliphatic carbocycles. The Kier molecular flexibility index (Phi) is 3.71. The number of nitrogens with zero attached hydrogens (tertiary/aromatic N) is 4. The fourth-order valence-corrected chi connectivity index (χ4v) is 2.98. The van der Waals surface area contributed by atoms with Crippen LogP contribution in [0.4, 0.5) is 11.6 Å². The Morgan fingerprint density at radius 1 is 1.10 bits per heavy atom. The summed E-state index contributed by atoms with van der Waals surface area (Å²) in [5, 5.41) is 9.07. The molecule has 1 aromatic heterocycles. The third-order valence-corrected chi connectivity index (χ3v) is 4.18. The highest BCUT2D eigenvalue weighted by Gasteiger charge is 2.29. The molecule has 0 radical (unpaired) electrons. The predicted molar refractivity (Wildman–Crippen MR) is 76.1 cm³/mol. The van der Waals surface area contributed by atoms with Crippen LogP contribution in [0.15, 0.2) is 12.4 Å². The highest BCUT2D eigenvalue weighted by Crippen LogP contribution is 2.25. The van der Waals surface area contributed by atoms with Crippen molar-refractivity contribution in [2.75, 3.05) is 36.0 Å². The van der Waals surface area contributed by atoms with Gasteiger partial charge >= 0.3 is 5.97 Å². The lowest BCUT2D eigenvalue weighted by Gasteiger charge is -2.28. The van der Waals surface area contributed by atoms with Crippen LogP contribution in [-0.4, -0.2) is 47.2 Å². The van der Waals surface area contributed by atoms with Gasteiger partial charge in [-0.1, -0.05) is 0 Å². The van der Waals surface area contributed by atoms with Crippen LogP contribution < -0.4 is 9.80 Å². The molecule has 0 bridgehead atoms. The molecule has 6 nitrogen and oxygen atoms in total. The van der Waals surface area contributed by atoms with Gasteiger partial charge in [-0.05, 0) is 25.7 Å². The van der Waals surface area contributed by atoms with Gasteiger partial charge in [-0.25, -0.2) is 9.97 Å². The number of carboxylic acid groups (broad SMARTS) is 1. The van der Waals surface area contributed by atoms with Gasteiger partial charge in [0, 0.05) is 32.2 Å². The second-order valence-electron chi connectivity index (χ2n) is 5.55. The van der Waals surface area contributed by atoms with E-state index in [-0.39, 0.29) is 5.92 Å². The summed E-state index contributed by atoms with van der Waals surface area (Å²) < 4.78 is 0. The van der Waals surface area contributed by atoms with Gasteiger partial charge in [-0.3, -0.25) is 4.79 Å². The van der Waals surface area contributed by atoms with Gasteiger partial charge in [-0.2, -0.15) is 0 Å². The Labute approximate surface area is 118 Å². The second-order valence-corrected chi connectivity index (χ2v) is 5.55. The van der Waals surface area contributed by atoms with E-state index in [4.69, 9.17) is 5.11 Å². The number of hydrogen-bond acceptors (Lipinski definition) is 5. The molecule has 0 spiro atoms. The minimum Gasteiger partial charge on any atom is -0.481 e. The van der Waals surface area contributed by atoms with E-state index >= 15 is 0 Å². The Balaban J connectivity index is 1.73. The molecule has 2 aliphatic heterocycles. The van der Waals surface area contributed by atoms with E-state index in [0.29, 0.717) is 13.0 Å². The van der Waals surface area contributed by atoms with Gasteiger partial charge in [0.05, 0.1) is 5.92 Å². The van der Waals surface area contributed by atoms with Crippen molar-refractivity contribution in [1.29, 1.82) is 0 Å². The molecule has 1 unspecified atom stereocenters. The van der Waals surface area contributed by atoms with Gasteiger partial charge in [0.2, 0.25) is 0 Å². The average Bonchev–Trinajstić information content (AvgIpc) is 2.98. The molecule has 2 saturated heterocycles. The molecule has 1 N–H and O–H groups in total. The first-order valence-corrected chi connectivity index (χ1v) is 7.29. The summed E-state index contributed by atoms with van der Waals surface area (Å²) in [6.45, 7) is 3.40. The second kappa shape index (κ2) is 5.64. The number of aromatic nitrogens is 2. The largest absolute Gasteiger partial charge is 0.481 e. The fourth-order valence-electron chi connectivity index (χ4n) is 2.98. The van der Waals surface area contributed by atoms with Crippen molar-refractivity contribution in [2.45, 2.75) is 25.7 Å². The summed E-state index contributed by atoms with van der Waals surface area (Å²) in [4.78, 5) is 24.0. The van der Waals surface area contributed by atoms with E-state index < -0.39 is 5.97 Å². The number of anilines is 2. The lowest BCUT2D eigenvalue weighted by Crippen LogP contribution is -2.30. The van der Waals surface area contributed by atoms with Crippen LogP contribution in [-0.2, 0) is 4.79 Å². The zero-order chi connectivity index (χ0) is 13.9. The number of piperidine rings is 1. The molecule has 1 aromatic rings. The lowest BCUT2D eigenvalue weighted by atomic mass is 10.1. The summed E-state index contributed by atoms with van der Waals surface area (Å²) in [6.07, 6.45) is 6.00. The maximum absolute atomic E-state index is 11.0. The Morgan fingerprint density at radius 2 is 1.80 bits per heavy atom.